The van der Waals surface area contributed by atoms with Crippen LogP contribution >= 0.6 is 28.6 Å². The van der Waals surface area contributed by atoms with Crippen molar-refractivity contribution in [2.45, 2.75) is 0 Å². The fourth-order valence-corrected chi connectivity index (χ4v) is 1.60. The third-order valence-corrected chi connectivity index (χ3v) is 2.50. The van der Waals surface area contributed by atoms with Crippen LogP contribution in [0, 0.1) is 0 Å². The molecule has 0 heterocycles. The summed E-state index contributed by atoms with van der Waals surface area (Å²) in [5, 5.41) is 9.54. The first kappa shape index (κ1) is 11.5. The molecular weight excluding hydrogens is 264 g/mol. The Labute approximate surface area is 97.1 Å². The molecule has 0 fully saturated rings. The first-order valence-electron chi connectivity index (χ1n) is 4.03. The summed E-state index contributed by atoms with van der Waals surface area (Å²) in [4.78, 5) is 0. The minimum absolute atomic E-state index is 0.121. The van der Waals surface area contributed by atoms with Gasteiger partial charge in [-0.1, -0.05) is 12.2 Å². The molecule has 1 aromatic carbocycles. The van der Waals surface area contributed by atoms with Gasteiger partial charge in [0.05, 0.1) is 11.6 Å². The number of ether oxygens (including phenoxy) is 1. The summed E-state index contributed by atoms with van der Waals surface area (Å²) in [7, 11) is 1.52. The summed E-state index contributed by atoms with van der Waals surface area (Å²) in [6.45, 7) is 0. The number of rotatable bonds is 3. The van der Waals surface area contributed by atoms with Crippen LogP contribution in [0.4, 0.5) is 0 Å². The summed E-state index contributed by atoms with van der Waals surface area (Å²) < 4.78 is 5.63. The fourth-order valence-electron chi connectivity index (χ4n) is 1.03. The minimum Gasteiger partial charge on any atom is -0.503 e. The molecule has 0 saturated heterocycles. The predicted molar refractivity (Wildman–Crippen MR) is 65.2 cm³/mol. The Morgan fingerprint density at radius 3 is 2.86 bits per heavy atom. The summed E-state index contributed by atoms with van der Waals surface area (Å²) in [6.07, 6.45) is 3.83. The van der Waals surface area contributed by atoms with Crippen LogP contribution in [0.15, 0.2) is 22.7 Å². The third kappa shape index (κ3) is 2.69. The van der Waals surface area contributed by atoms with Crippen molar-refractivity contribution in [3.05, 3.63) is 28.2 Å². The Morgan fingerprint density at radius 1 is 1.57 bits per heavy atom. The SMILES string of the molecule is COc1cc(C=CCS)cc(Br)c1O. The fraction of sp³-hybridized carbons (Fsp3) is 0.200. The van der Waals surface area contributed by atoms with Crippen LogP contribution in [0.5, 0.6) is 11.5 Å². The molecule has 0 aliphatic rings. The van der Waals surface area contributed by atoms with Gasteiger partial charge in [-0.05, 0) is 33.6 Å². The molecule has 0 amide bonds. The first-order chi connectivity index (χ1) is 6.69. The van der Waals surface area contributed by atoms with Crippen molar-refractivity contribution in [2.75, 3.05) is 12.9 Å². The number of hydrogen-bond donors (Lipinski definition) is 2. The van der Waals surface area contributed by atoms with Crippen molar-refractivity contribution < 1.29 is 9.84 Å². The normalized spacial score (nSPS) is 10.8. The topological polar surface area (TPSA) is 29.5 Å². The van der Waals surface area contributed by atoms with Crippen molar-refractivity contribution >= 4 is 34.6 Å². The Bertz CT molecular complexity index is 350. The van der Waals surface area contributed by atoms with Gasteiger partial charge in [0.15, 0.2) is 11.5 Å². The molecule has 1 N–H and O–H groups in total. The Balaban J connectivity index is 3.09. The maximum Gasteiger partial charge on any atom is 0.172 e. The quantitative estimate of drug-likeness (QED) is 0.830. The van der Waals surface area contributed by atoms with E-state index < -0.39 is 0 Å². The summed E-state index contributed by atoms with van der Waals surface area (Å²) in [6, 6.07) is 3.58. The Kier molecular flexibility index (Phi) is 4.35. The molecule has 76 valence electrons. The van der Waals surface area contributed by atoms with E-state index in [1.807, 2.05) is 18.2 Å². The van der Waals surface area contributed by atoms with E-state index >= 15 is 0 Å². The summed E-state index contributed by atoms with van der Waals surface area (Å²) >= 11 is 7.31. The van der Waals surface area contributed by atoms with E-state index in [0.29, 0.717) is 16.0 Å². The van der Waals surface area contributed by atoms with Gasteiger partial charge in [0.25, 0.3) is 0 Å². The second-order valence-electron chi connectivity index (χ2n) is 2.64. The summed E-state index contributed by atoms with van der Waals surface area (Å²) in [5.41, 5.74) is 0.959. The summed E-state index contributed by atoms with van der Waals surface area (Å²) in [5.74, 6) is 1.26. The minimum atomic E-state index is 0.121. The standard InChI is InChI=1S/C10H11BrO2S/c1-13-9-6-7(3-2-4-14)5-8(11)10(9)12/h2-3,5-6,12,14H,4H2,1H3. The van der Waals surface area contributed by atoms with Crippen LogP contribution in [0.25, 0.3) is 6.08 Å². The molecule has 0 bridgehead atoms. The number of phenolic OH excluding ortho intramolecular Hbond substituents is 1. The van der Waals surface area contributed by atoms with Gasteiger partial charge in [0.1, 0.15) is 0 Å². The van der Waals surface area contributed by atoms with E-state index in [2.05, 4.69) is 28.6 Å². The third-order valence-electron chi connectivity index (χ3n) is 1.69. The van der Waals surface area contributed by atoms with E-state index in [1.54, 1.807) is 6.07 Å². The number of aromatic hydroxyl groups is 1. The predicted octanol–water partition coefficient (Wildman–Crippen LogP) is 3.11. The van der Waals surface area contributed by atoms with Crippen LogP contribution < -0.4 is 4.74 Å². The molecule has 0 atom stereocenters. The molecule has 0 radical (unpaired) electrons. The van der Waals surface area contributed by atoms with Crippen molar-refractivity contribution in [3.8, 4) is 11.5 Å². The lowest BCUT2D eigenvalue weighted by molar-refractivity contribution is 0.372. The number of halogens is 1. The van der Waals surface area contributed by atoms with E-state index in [-0.39, 0.29) is 5.75 Å². The second-order valence-corrected chi connectivity index (χ2v) is 3.86. The smallest absolute Gasteiger partial charge is 0.172 e. The van der Waals surface area contributed by atoms with E-state index in [1.165, 1.54) is 7.11 Å². The molecule has 1 aromatic rings. The lowest BCUT2D eigenvalue weighted by atomic mass is 10.2. The van der Waals surface area contributed by atoms with Gasteiger partial charge in [-0.3, -0.25) is 0 Å². The van der Waals surface area contributed by atoms with Crippen molar-refractivity contribution in [3.63, 3.8) is 0 Å². The molecule has 0 aromatic heterocycles. The van der Waals surface area contributed by atoms with E-state index in [0.717, 1.165) is 5.56 Å². The van der Waals surface area contributed by atoms with Crippen LogP contribution in [0.1, 0.15) is 5.56 Å². The largest absolute Gasteiger partial charge is 0.503 e. The van der Waals surface area contributed by atoms with Crippen LogP contribution in [0.3, 0.4) is 0 Å². The Morgan fingerprint density at radius 2 is 2.29 bits per heavy atom. The zero-order chi connectivity index (χ0) is 10.6. The highest BCUT2D eigenvalue weighted by atomic mass is 79.9. The molecule has 0 spiro atoms. The van der Waals surface area contributed by atoms with E-state index in [4.69, 9.17) is 4.74 Å². The number of hydrogen-bond acceptors (Lipinski definition) is 3. The zero-order valence-electron chi connectivity index (χ0n) is 7.70. The number of methoxy groups -OCH3 is 1. The van der Waals surface area contributed by atoms with Gasteiger partial charge >= 0.3 is 0 Å². The van der Waals surface area contributed by atoms with Gasteiger partial charge in [0, 0.05) is 5.75 Å². The average molecular weight is 275 g/mol. The van der Waals surface area contributed by atoms with Crippen molar-refractivity contribution in [1.82, 2.24) is 0 Å². The highest BCUT2D eigenvalue weighted by Crippen LogP contribution is 2.35. The van der Waals surface area contributed by atoms with Gasteiger partial charge in [-0.25, -0.2) is 0 Å². The number of phenols is 1. The highest BCUT2D eigenvalue weighted by Gasteiger charge is 2.06. The van der Waals surface area contributed by atoms with Crippen LogP contribution in [-0.2, 0) is 0 Å². The molecule has 2 nitrogen and oxygen atoms in total. The molecule has 0 unspecified atom stereocenters. The maximum atomic E-state index is 9.54. The Hall–Kier alpha value is -0.610. The molecule has 0 saturated carbocycles. The van der Waals surface area contributed by atoms with Crippen molar-refractivity contribution in [1.29, 1.82) is 0 Å². The monoisotopic (exact) mass is 274 g/mol. The molecule has 1 rings (SSSR count). The average Bonchev–Trinajstić information content (AvgIpc) is 2.19. The zero-order valence-corrected chi connectivity index (χ0v) is 10.2. The van der Waals surface area contributed by atoms with Crippen LogP contribution in [0.2, 0.25) is 0 Å². The van der Waals surface area contributed by atoms with Gasteiger partial charge < -0.3 is 9.84 Å². The number of benzene rings is 1. The highest BCUT2D eigenvalue weighted by molar-refractivity contribution is 9.10. The van der Waals surface area contributed by atoms with Gasteiger partial charge in [0.2, 0.25) is 0 Å². The molecule has 14 heavy (non-hydrogen) atoms. The lowest BCUT2D eigenvalue weighted by Gasteiger charge is -2.06. The van der Waals surface area contributed by atoms with Crippen molar-refractivity contribution in [2.24, 2.45) is 0 Å². The molecule has 4 heteroatoms. The second kappa shape index (κ2) is 5.32. The molecule has 0 aliphatic carbocycles. The lowest BCUT2D eigenvalue weighted by Crippen LogP contribution is -1.85. The van der Waals surface area contributed by atoms with E-state index in [9.17, 15) is 5.11 Å². The molecular formula is C10H11BrO2S. The first-order valence-corrected chi connectivity index (χ1v) is 5.45. The number of thiol groups is 1. The van der Waals surface area contributed by atoms with Gasteiger partial charge in [-0.2, -0.15) is 12.6 Å². The van der Waals surface area contributed by atoms with Gasteiger partial charge in [-0.15, -0.1) is 0 Å². The maximum absolute atomic E-state index is 9.54. The molecule has 0 aliphatic heterocycles. The van der Waals surface area contributed by atoms with Crippen LogP contribution in [-0.4, -0.2) is 18.0 Å².